The van der Waals surface area contributed by atoms with Gasteiger partial charge in [0.2, 0.25) is 0 Å². The van der Waals surface area contributed by atoms with Gasteiger partial charge in [-0.2, -0.15) is 0 Å². The van der Waals surface area contributed by atoms with Gasteiger partial charge in [-0.1, -0.05) is 41.4 Å². The Morgan fingerprint density at radius 2 is 1.79 bits per heavy atom. The highest BCUT2D eigenvalue weighted by Gasteiger charge is 2.37. The van der Waals surface area contributed by atoms with E-state index in [4.69, 9.17) is 27.6 Å². The molecule has 0 radical (unpaired) electrons. The van der Waals surface area contributed by atoms with Crippen molar-refractivity contribution in [3.8, 4) is 11.3 Å². The molecule has 2 amide bonds. The van der Waals surface area contributed by atoms with E-state index < -0.39 is 0 Å². The third-order valence-electron chi connectivity index (χ3n) is 4.25. The lowest BCUT2D eigenvalue weighted by atomic mass is 10.2. The summed E-state index contributed by atoms with van der Waals surface area (Å²) in [6, 6.07) is 16.0. The van der Waals surface area contributed by atoms with E-state index in [1.54, 1.807) is 48.5 Å². The Balaban J connectivity index is 1.63. The Bertz CT molecular complexity index is 1140. The van der Waals surface area contributed by atoms with E-state index in [-0.39, 0.29) is 11.1 Å². The van der Waals surface area contributed by atoms with Gasteiger partial charge in [0, 0.05) is 11.6 Å². The van der Waals surface area contributed by atoms with Gasteiger partial charge in [-0.15, -0.1) is 0 Å². The van der Waals surface area contributed by atoms with Gasteiger partial charge in [-0.25, -0.2) is 4.90 Å². The van der Waals surface area contributed by atoms with Crippen LogP contribution in [-0.2, 0) is 4.79 Å². The first kappa shape index (κ1) is 18.9. The summed E-state index contributed by atoms with van der Waals surface area (Å²) in [4.78, 5) is 26.7. The minimum Gasteiger partial charge on any atom is -0.457 e. The van der Waals surface area contributed by atoms with Crippen molar-refractivity contribution in [2.45, 2.75) is 6.92 Å². The van der Waals surface area contributed by atoms with Gasteiger partial charge in [0.25, 0.3) is 11.1 Å². The lowest BCUT2D eigenvalue weighted by molar-refractivity contribution is -0.113. The van der Waals surface area contributed by atoms with Crippen LogP contribution in [-0.4, -0.2) is 11.1 Å². The van der Waals surface area contributed by atoms with E-state index in [0.717, 1.165) is 22.9 Å². The summed E-state index contributed by atoms with van der Waals surface area (Å²) < 4.78 is 5.80. The molecule has 2 aromatic carbocycles. The molecule has 0 bridgehead atoms. The van der Waals surface area contributed by atoms with Crippen molar-refractivity contribution < 1.29 is 14.0 Å². The van der Waals surface area contributed by atoms with Crippen LogP contribution in [0.4, 0.5) is 10.5 Å². The molecule has 3 aromatic rings. The minimum atomic E-state index is -0.364. The molecule has 4 rings (SSSR count). The van der Waals surface area contributed by atoms with Crippen LogP contribution in [0.2, 0.25) is 10.0 Å². The highest BCUT2D eigenvalue weighted by molar-refractivity contribution is 8.19. The fourth-order valence-electron chi connectivity index (χ4n) is 2.85. The highest BCUT2D eigenvalue weighted by atomic mass is 35.5. The summed E-state index contributed by atoms with van der Waals surface area (Å²) in [7, 11) is 0. The van der Waals surface area contributed by atoms with Crippen LogP contribution in [0.25, 0.3) is 17.4 Å². The Kier molecular flexibility index (Phi) is 5.06. The van der Waals surface area contributed by atoms with E-state index in [1.807, 2.05) is 19.1 Å². The average Bonchev–Trinajstić information content (AvgIpc) is 3.23. The van der Waals surface area contributed by atoms with Crippen LogP contribution in [0, 0.1) is 6.92 Å². The number of carbonyl (C=O) groups excluding carboxylic acids is 2. The second-order valence-electron chi connectivity index (χ2n) is 6.13. The first-order valence-electron chi connectivity index (χ1n) is 8.33. The second-order valence-corrected chi connectivity index (χ2v) is 7.94. The number of amides is 2. The summed E-state index contributed by atoms with van der Waals surface area (Å²) in [5, 5.41) is 0.556. The molecule has 0 aliphatic carbocycles. The first-order chi connectivity index (χ1) is 13.4. The average molecular weight is 430 g/mol. The zero-order valence-corrected chi connectivity index (χ0v) is 16.9. The molecule has 4 nitrogen and oxygen atoms in total. The Morgan fingerprint density at radius 3 is 2.54 bits per heavy atom. The summed E-state index contributed by atoms with van der Waals surface area (Å²) in [6.07, 6.45) is 1.57. The maximum Gasteiger partial charge on any atom is 0.298 e. The van der Waals surface area contributed by atoms with Gasteiger partial charge in [0.05, 0.1) is 20.6 Å². The number of hydrogen-bond acceptors (Lipinski definition) is 4. The van der Waals surface area contributed by atoms with Crippen LogP contribution in [0.3, 0.4) is 0 Å². The molecule has 0 spiro atoms. The van der Waals surface area contributed by atoms with Gasteiger partial charge in [0.15, 0.2) is 0 Å². The first-order valence-corrected chi connectivity index (χ1v) is 9.90. The van der Waals surface area contributed by atoms with E-state index in [1.165, 1.54) is 4.90 Å². The van der Waals surface area contributed by atoms with Crippen molar-refractivity contribution in [1.82, 2.24) is 0 Å². The number of benzene rings is 2. The number of rotatable bonds is 3. The third-order valence-corrected chi connectivity index (χ3v) is 5.86. The van der Waals surface area contributed by atoms with Gasteiger partial charge in [-0.3, -0.25) is 9.59 Å². The number of para-hydroxylation sites is 1. The smallest absolute Gasteiger partial charge is 0.298 e. The molecule has 140 valence electrons. The van der Waals surface area contributed by atoms with Crippen LogP contribution in [0.15, 0.2) is 63.9 Å². The summed E-state index contributed by atoms with van der Waals surface area (Å²) in [5.41, 5.74) is 2.21. The predicted octanol–water partition coefficient (Wildman–Crippen LogP) is 6.80. The summed E-state index contributed by atoms with van der Waals surface area (Å²) >= 11 is 12.9. The SMILES string of the molecule is Cc1ccccc1N1C(=O)S/C(=C\c2ccc(-c3ccc(Cl)c(Cl)c3)o2)C1=O. The molecule has 1 fully saturated rings. The number of furan rings is 1. The van der Waals surface area contributed by atoms with Crippen LogP contribution in [0.1, 0.15) is 11.3 Å². The monoisotopic (exact) mass is 429 g/mol. The number of hydrogen-bond donors (Lipinski definition) is 0. The number of aryl methyl sites for hydroxylation is 1. The third kappa shape index (κ3) is 3.49. The Labute approximate surface area is 175 Å². The number of nitrogens with zero attached hydrogens (tertiary/aromatic N) is 1. The molecule has 1 aliphatic heterocycles. The largest absolute Gasteiger partial charge is 0.457 e. The van der Waals surface area contributed by atoms with Crippen LogP contribution < -0.4 is 4.90 Å². The van der Waals surface area contributed by atoms with Crippen molar-refractivity contribution in [3.05, 3.63) is 80.9 Å². The predicted molar refractivity (Wildman–Crippen MR) is 114 cm³/mol. The molecule has 0 unspecified atom stereocenters. The molecule has 1 aromatic heterocycles. The fourth-order valence-corrected chi connectivity index (χ4v) is 3.97. The van der Waals surface area contributed by atoms with Gasteiger partial charge in [-0.05, 0) is 60.6 Å². The number of anilines is 1. The highest BCUT2D eigenvalue weighted by Crippen LogP contribution is 2.37. The van der Waals surface area contributed by atoms with E-state index in [0.29, 0.717) is 32.2 Å². The number of thioether (sulfide) groups is 1. The normalized spacial score (nSPS) is 15.7. The van der Waals surface area contributed by atoms with Crippen molar-refractivity contribution in [1.29, 1.82) is 0 Å². The Hall–Kier alpha value is -2.47. The number of halogens is 2. The zero-order valence-electron chi connectivity index (χ0n) is 14.6. The topological polar surface area (TPSA) is 50.5 Å². The molecule has 0 N–H and O–H groups in total. The molecule has 2 heterocycles. The molecular formula is C21H13Cl2NO3S. The lowest BCUT2D eigenvalue weighted by Crippen LogP contribution is -2.28. The number of imide groups is 1. The maximum absolute atomic E-state index is 12.8. The van der Waals surface area contributed by atoms with Crippen molar-refractivity contribution >= 4 is 57.9 Å². The Morgan fingerprint density at radius 1 is 1.00 bits per heavy atom. The summed E-state index contributed by atoms with van der Waals surface area (Å²) in [5.74, 6) is 0.691. The van der Waals surface area contributed by atoms with Crippen molar-refractivity contribution in [3.63, 3.8) is 0 Å². The second kappa shape index (κ2) is 7.51. The van der Waals surface area contributed by atoms with E-state index in [2.05, 4.69) is 0 Å². The van der Waals surface area contributed by atoms with Crippen molar-refractivity contribution in [2.24, 2.45) is 0 Å². The standard InChI is InChI=1S/C21H13Cl2NO3S/c1-12-4-2-3-5-17(12)24-20(25)19(28-21(24)26)11-14-7-9-18(27-14)13-6-8-15(22)16(23)10-13/h2-11H,1H3/b19-11-. The van der Waals surface area contributed by atoms with Crippen LogP contribution >= 0.6 is 35.0 Å². The fraction of sp³-hybridized carbons (Fsp3) is 0.0476. The molecular weight excluding hydrogens is 417 g/mol. The van der Waals surface area contributed by atoms with Crippen molar-refractivity contribution in [2.75, 3.05) is 4.90 Å². The van der Waals surface area contributed by atoms with E-state index in [9.17, 15) is 9.59 Å². The van der Waals surface area contributed by atoms with Crippen LogP contribution in [0.5, 0.6) is 0 Å². The molecule has 28 heavy (non-hydrogen) atoms. The zero-order chi connectivity index (χ0) is 19.8. The van der Waals surface area contributed by atoms with Gasteiger partial charge in [0.1, 0.15) is 11.5 Å². The molecule has 0 atom stereocenters. The molecule has 1 saturated heterocycles. The maximum atomic E-state index is 12.8. The van der Waals surface area contributed by atoms with Gasteiger partial charge < -0.3 is 4.42 Å². The quantitative estimate of drug-likeness (QED) is 0.429. The van der Waals surface area contributed by atoms with Gasteiger partial charge >= 0.3 is 0 Å². The van der Waals surface area contributed by atoms with E-state index >= 15 is 0 Å². The molecule has 1 aliphatic rings. The molecule has 7 heteroatoms. The number of carbonyl (C=O) groups is 2. The lowest BCUT2D eigenvalue weighted by Gasteiger charge is -2.14. The summed E-state index contributed by atoms with van der Waals surface area (Å²) in [6.45, 7) is 1.86. The minimum absolute atomic E-state index is 0.309. The molecule has 0 saturated carbocycles.